The van der Waals surface area contributed by atoms with Crippen molar-refractivity contribution < 1.29 is 13.2 Å². The van der Waals surface area contributed by atoms with Crippen LogP contribution in [0.15, 0.2) is 0 Å². The first-order valence-electron chi connectivity index (χ1n) is 1.86. The summed E-state index contributed by atoms with van der Waals surface area (Å²) in [6, 6.07) is 0. The summed E-state index contributed by atoms with van der Waals surface area (Å²) in [5, 5.41) is 10.5. The zero-order valence-corrected chi connectivity index (χ0v) is 3.92. The van der Waals surface area contributed by atoms with E-state index >= 15 is 0 Å². The molecule has 0 bridgehead atoms. The number of rotatable bonds is 0. The number of hydrogen-bond acceptors (Lipinski definition) is 3. The Morgan fingerprint density at radius 3 is 2.22 bits per heavy atom. The zero-order valence-electron chi connectivity index (χ0n) is 3.92. The molecule has 0 fully saturated rings. The molecule has 0 saturated carbocycles. The van der Waals surface area contributed by atoms with E-state index < -0.39 is 12.0 Å². The first-order chi connectivity index (χ1) is 4.11. The number of halogens is 3. The van der Waals surface area contributed by atoms with Gasteiger partial charge in [0, 0.05) is 0 Å². The van der Waals surface area contributed by atoms with Crippen molar-refractivity contribution in [1.82, 2.24) is 20.6 Å². The summed E-state index contributed by atoms with van der Waals surface area (Å²) in [5.41, 5.74) is 0. The Morgan fingerprint density at radius 1 is 1.33 bits per heavy atom. The lowest BCUT2D eigenvalue weighted by Gasteiger charge is -2.02. The predicted molar refractivity (Wildman–Crippen MR) is 18.1 cm³/mol. The third kappa shape index (κ3) is 1.15. The van der Waals surface area contributed by atoms with Crippen LogP contribution in [0.2, 0.25) is 0 Å². The number of aromatic nitrogens is 4. The van der Waals surface area contributed by atoms with E-state index in [9.17, 15) is 13.2 Å². The van der Waals surface area contributed by atoms with Crippen LogP contribution in [0.1, 0.15) is 5.82 Å². The Bertz CT molecular complexity index is 176. The first kappa shape index (κ1) is 5.99. The van der Waals surface area contributed by atoms with E-state index in [1.807, 2.05) is 0 Å². The molecule has 0 amide bonds. The smallest absolute Gasteiger partial charge is 0.327 e. The van der Waals surface area contributed by atoms with Crippen molar-refractivity contribution in [2.45, 2.75) is 6.18 Å². The fourth-order valence-electron chi connectivity index (χ4n) is 0.258. The average Bonchev–Trinajstić information content (AvgIpc) is 2.08. The topological polar surface area (TPSA) is 52.8 Å². The minimum absolute atomic E-state index is 1.30. The molecule has 4 nitrogen and oxygen atoms in total. The molecule has 0 aliphatic carbocycles. The van der Waals surface area contributed by atoms with Crippen molar-refractivity contribution in [2.75, 3.05) is 0 Å². The summed E-state index contributed by atoms with van der Waals surface area (Å²) >= 11 is 0. The number of nitrogens with zero attached hydrogens (tertiary/aromatic N) is 4. The summed E-state index contributed by atoms with van der Waals surface area (Å²) in [7, 11) is 0. The molecule has 1 aromatic rings. The molecule has 0 unspecified atom stereocenters. The van der Waals surface area contributed by atoms with Gasteiger partial charge in [-0.05, 0) is 0 Å². The second-order valence-corrected chi connectivity index (χ2v) is 1.20. The zero-order chi connectivity index (χ0) is 6.91. The van der Waals surface area contributed by atoms with Crippen LogP contribution in [-0.4, -0.2) is 15.5 Å². The van der Waals surface area contributed by atoms with E-state index in [2.05, 4.69) is 20.6 Å². The van der Waals surface area contributed by atoms with Gasteiger partial charge < -0.3 is 5.10 Å². The van der Waals surface area contributed by atoms with E-state index in [1.165, 1.54) is 0 Å². The van der Waals surface area contributed by atoms with Gasteiger partial charge in [-0.3, -0.25) is 10.3 Å². The lowest BCUT2D eigenvalue weighted by Crippen LogP contribution is -2.08. The normalized spacial score (nSPS) is 11.9. The molecule has 7 heteroatoms. The van der Waals surface area contributed by atoms with Gasteiger partial charge in [0.1, 0.15) is 5.82 Å². The van der Waals surface area contributed by atoms with Crippen molar-refractivity contribution in [1.29, 1.82) is 0 Å². The molecule has 0 N–H and O–H groups in total. The van der Waals surface area contributed by atoms with Crippen LogP contribution in [0.5, 0.6) is 0 Å². The third-order valence-electron chi connectivity index (χ3n) is 0.572. The molecule has 0 aliphatic rings. The van der Waals surface area contributed by atoms with E-state index in [-0.39, 0.29) is 0 Å². The fourth-order valence-corrected chi connectivity index (χ4v) is 0.258. The van der Waals surface area contributed by atoms with Crippen molar-refractivity contribution in [3.8, 4) is 0 Å². The molecule has 0 aliphatic heterocycles. The standard InChI is InChI=1S/C2F3N4/c3-2(4,5)1-6-8-9-7-1/q-1. The second kappa shape index (κ2) is 1.67. The van der Waals surface area contributed by atoms with Gasteiger partial charge in [-0.2, -0.15) is 18.4 Å². The summed E-state index contributed by atoms with van der Waals surface area (Å²) in [6.07, 6.45) is -4.52. The van der Waals surface area contributed by atoms with Crippen molar-refractivity contribution >= 4 is 0 Å². The quantitative estimate of drug-likeness (QED) is 0.498. The maximum absolute atomic E-state index is 11.4. The van der Waals surface area contributed by atoms with Crippen LogP contribution in [0.25, 0.3) is 0 Å². The van der Waals surface area contributed by atoms with Gasteiger partial charge in [0.2, 0.25) is 0 Å². The van der Waals surface area contributed by atoms with Crippen molar-refractivity contribution in [3.63, 3.8) is 0 Å². The lowest BCUT2D eigenvalue weighted by atomic mass is 10.6. The molecule has 1 aromatic heterocycles. The highest BCUT2D eigenvalue weighted by atomic mass is 19.4. The largest absolute Gasteiger partial charge is 0.423 e. The minimum atomic E-state index is -4.52. The third-order valence-corrected chi connectivity index (χ3v) is 0.572. The summed E-state index contributed by atoms with van der Waals surface area (Å²) in [4.78, 5) is 0. The van der Waals surface area contributed by atoms with Crippen LogP contribution in [0.4, 0.5) is 13.2 Å². The minimum Gasteiger partial charge on any atom is -0.327 e. The number of alkyl halides is 3. The molecule has 0 atom stereocenters. The van der Waals surface area contributed by atoms with E-state index in [4.69, 9.17) is 0 Å². The Labute approximate surface area is 47.1 Å². The molecule has 0 spiro atoms. The molecule has 1 heterocycles. The first-order valence-corrected chi connectivity index (χ1v) is 1.86. The SMILES string of the molecule is FC(F)(F)c1nnn[n-]1. The maximum Gasteiger partial charge on any atom is 0.423 e. The molecular formula is C2F3N4-. The van der Waals surface area contributed by atoms with E-state index in [0.717, 1.165) is 0 Å². The van der Waals surface area contributed by atoms with Crippen molar-refractivity contribution in [2.24, 2.45) is 0 Å². The molecule has 9 heavy (non-hydrogen) atoms. The molecule has 0 aromatic carbocycles. The van der Waals surface area contributed by atoms with Gasteiger partial charge in [-0.25, -0.2) is 0 Å². The number of hydrogen-bond donors (Lipinski definition) is 0. The van der Waals surface area contributed by atoms with E-state index in [1.54, 1.807) is 0 Å². The molecule has 50 valence electrons. The average molecular weight is 137 g/mol. The van der Waals surface area contributed by atoms with Gasteiger partial charge in [0.25, 0.3) is 0 Å². The van der Waals surface area contributed by atoms with Gasteiger partial charge in [0.05, 0.1) is 0 Å². The lowest BCUT2D eigenvalue weighted by molar-refractivity contribution is -0.145. The summed E-state index contributed by atoms with van der Waals surface area (Å²) in [6.45, 7) is 0. The van der Waals surface area contributed by atoms with Crippen LogP contribution in [0, 0.1) is 0 Å². The maximum atomic E-state index is 11.4. The Morgan fingerprint density at radius 2 is 2.00 bits per heavy atom. The summed E-state index contributed by atoms with van der Waals surface area (Å²) in [5.74, 6) is -1.30. The molecular weight excluding hydrogens is 137 g/mol. The predicted octanol–water partition coefficient (Wildman–Crippen LogP) is -0.152. The Hall–Kier alpha value is -1.14. The van der Waals surface area contributed by atoms with Gasteiger partial charge in [-0.1, -0.05) is 0 Å². The molecule has 0 saturated heterocycles. The van der Waals surface area contributed by atoms with Crippen LogP contribution < -0.4 is 5.10 Å². The van der Waals surface area contributed by atoms with Gasteiger partial charge in [-0.15, -0.1) is 0 Å². The fraction of sp³-hybridized carbons (Fsp3) is 0.500. The van der Waals surface area contributed by atoms with Crippen LogP contribution in [-0.2, 0) is 6.18 Å². The van der Waals surface area contributed by atoms with Gasteiger partial charge >= 0.3 is 6.18 Å². The van der Waals surface area contributed by atoms with Gasteiger partial charge in [0.15, 0.2) is 0 Å². The van der Waals surface area contributed by atoms with Crippen molar-refractivity contribution in [3.05, 3.63) is 5.82 Å². The van der Waals surface area contributed by atoms with Crippen LogP contribution in [0.3, 0.4) is 0 Å². The number of tetrazole rings is 1. The highest BCUT2D eigenvalue weighted by molar-refractivity contribution is 4.81. The monoisotopic (exact) mass is 137 g/mol. The summed E-state index contributed by atoms with van der Waals surface area (Å²) < 4.78 is 34.2. The Kier molecular flexibility index (Phi) is 1.11. The molecule has 0 radical (unpaired) electrons. The molecule has 1 rings (SSSR count). The van der Waals surface area contributed by atoms with Crippen LogP contribution >= 0.6 is 0 Å². The highest BCUT2D eigenvalue weighted by Gasteiger charge is 2.29. The second-order valence-electron chi connectivity index (χ2n) is 1.20. The van der Waals surface area contributed by atoms with E-state index in [0.29, 0.717) is 0 Å². The Balaban J connectivity index is 2.90. The highest BCUT2D eigenvalue weighted by Crippen LogP contribution is 2.23.